The minimum absolute atomic E-state index is 0.0526. The van der Waals surface area contributed by atoms with Crippen molar-refractivity contribution in [3.8, 4) is 0 Å². The lowest BCUT2D eigenvalue weighted by molar-refractivity contribution is -0.114. The van der Waals surface area contributed by atoms with Crippen molar-refractivity contribution in [2.24, 2.45) is 5.92 Å². The van der Waals surface area contributed by atoms with Gasteiger partial charge in [0.1, 0.15) is 0 Å². The fourth-order valence-corrected chi connectivity index (χ4v) is 4.27. The maximum Gasteiger partial charge on any atom is 0.253 e. The summed E-state index contributed by atoms with van der Waals surface area (Å²) in [5, 5.41) is 2.78. The SMILES string of the molecule is CNC(C(F)F)C1CCOC2(CCSCC2)C1. The summed E-state index contributed by atoms with van der Waals surface area (Å²) in [6.07, 6.45) is 1.31. The second kappa shape index (κ2) is 5.85. The molecule has 0 aromatic heterocycles. The summed E-state index contributed by atoms with van der Waals surface area (Å²) < 4.78 is 31.8. The third-order valence-electron chi connectivity index (χ3n) is 4.05. The summed E-state index contributed by atoms with van der Waals surface area (Å²) >= 11 is 1.94. The van der Waals surface area contributed by atoms with Crippen LogP contribution >= 0.6 is 11.8 Å². The molecule has 0 saturated carbocycles. The zero-order valence-electron chi connectivity index (χ0n) is 10.3. The Labute approximate surface area is 106 Å². The lowest BCUT2D eigenvalue weighted by atomic mass is 9.78. The fourth-order valence-electron chi connectivity index (χ4n) is 3.03. The van der Waals surface area contributed by atoms with Crippen LogP contribution < -0.4 is 5.32 Å². The Balaban J connectivity index is 2.00. The van der Waals surface area contributed by atoms with Gasteiger partial charge in [-0.3, -0.25) is 0 Å². The Morgan fingerprint density at radius 3 is 2.65 bits per heavy atom. The van der Waals surface area contributed by atoms with E-state index in [1.54, 1.807) is 7.05 Å². The van der Waals surface area contributed by atoms with Crippen molar-refractivity contribution >= 4 is 11.8 Å². The average molecular weight is 265 g/mol. The minimum Gasteiger partial charge on any atom is -0.375 e. The normalized spacial score (nSPS) is 30.7. The highest BCUT2D eigenvalue weighted by Gasteiger charge is 2.42. The van der Waals surface area contributed by atoms with Crippen molar-refractivity contribution in [1.82, 2.24) is 5.32 Å². The summed E-state index contributed by atoms with van der Waals surface area (Å²) in [4.78, 5) is 0. The molecule has 0 amide bonds. The van der Waals surface area contributed by atoms with Crippen LogP contribution in [-0.2, 0) is 4.74 Å². The van der Waals surface area contributed by atoms with E-state index in [4.69, 9.17) is 4.74 Å². The highest BCUT2D eigenvalue weighted by Crippen LogP contribution is 2.41. The molecule has 2 heterocycles. The molecule has 17 heavy (non-hydrogen) atoms. The molecule has 1 N–H and O–H groups in total. The molecule has 0 aromatic carbocycles. The predicted molar refractivity (Wildman–Crippen MR) is 66.8 cm³/mol. The first-order valence-electron chi connectivity index (χ1n) is 6.34. The summed E-state index contributed by atoms with van der Waals surface area (Å²) in [5.41, 5.74) is -0.0991. The van der Waals surface area contributed by atoms with Gasteiger partial charge >= 0.3 is 0 Å². The largest absolute Gasteiger partial charge is 0.375 e. The summed E-state index contributed by atoms with van der Waals surface area (Å²) in [6, 6.07) is -0.676. The summed E-state index contributed by atoms with van der Waals surface area (Å²) in [5.74, 6) is 2.26. The highest BCUT2D eigenvalue weighted by molar-refractivity contribution is 7.99. The molecule has 100 valence electrons. The molecular formula is C12H21F2NOS. The Bertz CT molecular complexity index is 241. The molecule has 2 saturated heterocycles. The second-order valence-electron chi connectivity index (χ2n) is 5.05. The molecule has 2 atom stereocenters. The minimum atomic E-state index is -2.28. The predicted octanol–water partition coefficient (Wildman–Crippen LogP) is 2.53. The first-order chi connectivity index (χ1) is 8.17. The Hall–Kier alpha value is 0.130. The molecule has 2 rings (SSSR count). The summed E-state index contributed by atoms with van der Waals surface area (Å²) in [6.45, 7) is 0.639. The van der Waals surface area contributed by atoms with Crippen molar-refractivity contribution in [2.45, 2.75) is 43.8 Å². The smallest absolute Gasteiger partial charge is 0.253 e. The van der Waals surface area contributed by atoms with Crippen LogP contribution in [0.4, 0.5) is 8.78 Å². The van der Waals surface area contributed by atoms with Crippen molar-refractivity contribution < 1.29 is 13.5 Å². The molecule has 2 unspecified atom stereocenters. The number of hydrogen-bond acceptors (Lipinski definition) is 3. The monoisotopic (exact) mass is 265 g/mol. The molecule has 2 fully saturated rings. The van der Waals surface area contributed by atoms with Crippen LogP contribution in [0, 0.1) is 5.92 Å². The van der Waals surface area contributed by atoms with Gasteiger partial charge < -0.3 is 10.1 Å². The standard InChI is InChI=1S/C12H21F2NOS/c1-15-10(11(13)14)9-2-5-16-12(8-9)3-6-17-7-4-12/h9-11,15H,2-8H2,1H3. The van der Waals surface area contributed by atoms with E-state index in [0.717, 1.165) is 37.2 Å². The zero-order chi connectivity index (χ0) is 12.3. The maximum atomic E-state index is 12.9. The van der Waals surface area contributed by atoms with E-state index in [0.29, 0.717) is 6.61 Å². The number of alkyl halides is 2. The number of nitrogens with one attached hydrogen (secondary N) is 1. The molecule has 0 aliphatic carbocycles. The van der Waals surface area contributed by atoms with Crippen molar-refractivity contribution in [3.63, 3.8) is 0 Å². The van der Waals surface area contributed by atoms with Gasteiger partial charge in [0, 0.05) is 6.61 Å². The van der Waals surface area contributed by atoms with Crippen LogP contribution in [-0.4, -0.2) is 43.2 Å². The van der Waals surface area contributed by atoms with E-state index < -0.39 is 12.5 Å². The van der Waals surface area contributed by atoms with Gasteiger partial charge in [-0.05, 0) is 50.2 Å². The number of hydrogen-bond donors (Lipinski definition) is 1. The van der Waals surface area contributed by atoms with Crippen molar-refractivity contribution in [1.29, 1.82) is 0 Å². The second-order valence-corrected chi connectivity index (χ2v) is 6.27. The van der Waals surface area contributed by atoms with Gasteiger partial charge in [-0.15, -0.1) is 0 Å². The lowest BCUT2D eigenvalue weighted by Gasteiger charge is -2.45. The van der Waals surface area contributed by atoms with Crippen molar-refractivity contribution in [3.05, 3.63) is 0 Å². The highest BCUT2D eigenvalue weighted by atomic mass is 32.2. The van der Waals surface area contributed by atoms with E-state index in [-0.39, 0.29) is 11.5 Å². The van der Waals surface area contributed by atoms with Crippen LogP contribution in [0.25, 0.3) is 0 Å². The first-order valence-corrected chi connectivity index (χ1v) is 7.49. The quantitative estimate of drug-likeness (QED) is 0.847. The topological polar surface area (TPSA) is 21.3 Å². The van der Waals surface area contributed by atoms with E-state index in [2.05, 4.69) is 5.32 Å². The Morgan fingerprint density at radius 1 is 1.35 bits per heavy atom. The third-order valence-corrected chi connectivity index (χ3v) is 5.03. The Kier molecular flexibility index (Phi) is 4.66. The number of ether oxygens (including phenoxy) is 1. The van der Waals surface area contributed by atoms with Gasteiger partial charge in [0.25, 0.3) is 6.43 Å². The molecule has 1 spiro atoms. The number of thioether (sulfide) groups is 1. The number of rotatable bonds is 3. The Morgan fingerprint density at radius 2 is 2.06 bits per heavy atom. The van der Waals surface area contributed by atoms with Crippen LogP contribution in [0.3, 0.4) is 0 Å². The molecular weight excluding hydrogens is 244 g/mol. The van der Waals surface area contributed by atoms with E-state index in [9.17, 15) is 8.78 Å². The van der Waals surface area contributed by atoms with Gasteiger partial charge in [0.15, 0.2) is 0 Å². The van der Waals surface area contributed by atoms with Crippen LogP contribution in [0.15, 0.2) is 0 Å². The zero-order valence-corrected chi connectivity index (χ0v) is 11.1. The molecule has 0 radical (unpaired) electrons. The molecule has 5 heteroatoms. The maximum absolute atomic E-state index is 12.9. The van der Waals surface area contributed by atoms with Gasteiger partial charge in [-0.25, -0.2) is 8.78 Å². The van der Waals surface area contributed by atoms with E-state index >= 15 is 0 Å². The average Bonchev–Trinajstić information content (AvgIpc) is 2.30. The summed E-state index contributed by atoms with van der Waals surface area (Å²) in [7, 11) is 1.63. The third kappa shape index (κ3) is 3.12. The fraction of sp³-hybridized carbons (Fsp3) is 1.00. The molecule has 0 bridgehead atoms. The van der Waals surface area contributed by atoms with Crippen LogP contribution in [0.5, 0.6) is 0 Å². The van der Waals surface area contributed by atoms with Gasteiger partial charge in [0.2, 0.25) is 0 Å². The van der Waals surface area contributed by atoms with Gasteiger partial charge in [0.05, 0.1) is 11.6 Å². The molecule has 2 aliphatic rings. The van der Waals surface area contributed by atoms with E-state index in [1.807, 2.05) is 11.8 Å². The lowest BCUT2D eigenvalue weighted by Crippen LogP contribution is -2.50. The molecule has 0 aromatic rings. The van der Waals surface area contributed by atoms with Crippen LogP contribution in [0.1, 0.15) is 25.7 Å². The van der Waals surface area contributed by atoms with Gasteiger partial charge in [-0.1, -0.05) is 0 Å². The number of halogens is 2. The molecule has 2 nitrogen and oxygen atoms in total. The van der Waals surface area contributed by atoms with Crippen molar-refractivity contribution in [2.75, 3.05) is 25.2 Å². The van der Waals surface area contributed by atoms with E-state index in [1.165, 1.54) is 0 Å². The van der Waals surface area contributed by atoms with Gasteiger partial charge in [-0.2, -0.15) is 11.8 Å². The first kappa shape index (κ1) is 13.6. The van der Waals surface area contributed by atoms with Crippen LogP contribution in [0.2, 0.25) is 0 Å². The molecule has 2 aliphatic heterocycles.